The van der Waals surface area contributed by atoms with E-state index in [0.29, 0.717) is 24.3 Å². The smallest absolute Gasteiger partial charge is 0.198 e. The van der Waals surface area contributed by atoms with Gasteiger partial charge in [0.25, 0.3) is 0 Å². The van der Waals surface area contributed by atoms with Gasteiger partial charge in [0.15, 0.2) is 11.5 Å². The van der Waals surface area contributed by atoms with Gasteiger partial charge in [-0.05, 0) is 13.5 Å². The van der Waals surface area contributed by atoms with Crippen LogP contribution in [0.1, 0.15) is 11.5 Å². The van der Waals surface area contributed by atoms with Crippen LogP contribution in [0.3, 0.4) is 0 Å². The average molecular weight is 180 g/mol. The summed E-state index contributed by atoms with van der Waals surface area (Å²) in [5.74, 6) is 0.723. The first-order valence-electron chi connectivity index (χ1n) is 4.12. The molecule has 6 nitrogen and oxygen atoms in total. The summed E-state index contributed by atoms with van der Waals surface area (Å²) < 4.78 is 1.58. The molecule has 2 rings (SSSR count). The lowest BCUT2D eigenvalue weighted by Gasteiger charge is -1.88. The summed E-state index contributed by atoms with van der Waals surface area (Å²) in [7, 11) is 0. The zero-order valence-corrected chi connectivity index (χ0v) is 7.41. The van der Waals surface area contributed by atoms with Crippen molar-refractivity contribution in [3.05, 3.63) is 11.5 Å². The number of aromatic amines is 1. The van der Waals surface area contributed by atoms with Gasteiger partial charge in [0, 0.05) is 6.42 Å². The number of aryl methyl sites for hydroxylation is 1. The Balaban J connectivity index is 2.52. The molecule has 0 fully saturated rings. The molecule has 0 aromatic carbocycles. The normalized spacial score (nSPS) is 11.2. The number of nitrogen functional groups attached to an aromatic ring is 1. The molecule has 6 heteroatoms. The number of hydrogen-bond donors (Lipinski definition) is 3. The summed E-state index contributed by atoms with van der Waals surface area (Å²) in [6.45, 7) is 2.43. The Morgan fingerprint density at radius 3 is 2.92 bits per heavy atom. The topological polar surface area (TPSA) is 98.0 Å². The second-order valence-corrected chi connectivity index (χ2v) is 2.95. The van der Waals surface area contributed by atoms with Crippen molar-refractivity contribution in [1.82, 2.24) is 19.8 Å². The van der Waals surface area contributed by atoms with E-state index in [1.165, 1.54) is 0 Å². The summed E-state index contributed by atoms with van der Waals surface area (Å²) in [6, 6.07) is 0. The molecule has 0 saturated carbocycles. The Labute approximate surface area is 74.9 Å². The number of fused-ring (bicyclic) bond motifs is 1. The van der Waals surface area contributed by atoms with E-state index in [-0.39, 0.29) is 0 Å². The zero-order valence-electron chi connectivity index (χ0n) is 7.41. The highest BCUT2D eigenvalue weighted by atomic mass is 15.5. The summed E-state index contributed by atoms with van der Waals surface area (Å²) in [4.78, 5) is 4.24. The maximum Gasteiger partial charge on any atom is 0.198 e. The first-order valence-corrected chi connectivity index (χ1v) is 4.12. The van der Waals surface area contributed by atoms with Gasteiger partial charge >= 0.3 is 0 Å². The quantitative estimate of drug-likeness (QED) is 0.577. The lowest BCUT2D eigenvalue weighted by atomic mass is 10.4. The fourth-order valence-electron chi connectivity index (χ4n) is 1.23. The van der Waals surface area contributed by atoms with Crippen LogP contribution in [0.2, 0.25) is 0 Å². The molecule has 5 N–H and O–H groups in total. The van der Waals surface area contributed by atoms with Crippen LogP contribution in [0.25, 0.3) is 5.65 Å². The molecule has 0 bridgehead atoms. The Bertz CT molecular complexity index is 425. The molecule has 70 valence electrons. The minimum atomic E-state index is 0.548. The van der Waals surface area contributed by atoms with Crippen LogP contribution in [-0.4, -0.2) is 26.4 Å². The molecule has 0 spiro atoms. The molecular formula is C7H12N6. The molecule has 2 heterocycles. The molecule has 2 aromatic heterocycles. The fourth-order valence-corrected chi connectivity index (χ4v) is 1.23. The van der Waals surface area contributed by atoms with E-state index < -0.39 is 0 Å². The largest absolute Gasteiger partial charge is 0.394 e. The number of hydrogen-bond acceptors (Lipinski definition) is 4. The van der Waals surface area contributed by atoms with Gasteiger partial charge < -0.3 is 11.5 Å². The van der Waals surface area contributed by atoms with Crippen molar-refractivity contribution in [2.75, 3.05) is 12.3 Å². The van der Waals surface area contributed by atoms with Gasteiger partial charge in [-0.25, -0.2) is 4.98 Å². The monoisotopic (exact) mass is 180 g/mol. The summed E-state index contributed by atoms with van der Waals surface area (Å²) in [6.07, 6.45) is 0.675. The van der Waals surface area contributed by atoms with E-state index in [1.54, 1.807) is 4.63 Å². The number of nitrogens with one attached hydrogen (secondary N) is 1. The standard InChI is InChI=1S/C7H12N6/c1-4-6(9)7-10-5(2-3-8)12-13(7)11-4/h11H,2-3,8-9H2,1H3. The first kappa shape index (κ1) is 8.06. The summed E-state index contributed by atoms with van der Waals surface area (Å²) in [5.41, 5.74) is 13.4. The van der Waals surface area contributed by atoms with Gasteiger partial charge in [-0.2, -0.15) is 4.63 Å². The van der Waals surface area contributed by atoms with Crippen molar-refractivity contribution in [2.24, 2.45) is 5.73 Å². The van der Waals surface area contributed by atoms with Crippen LogP contribution < -0.4 is 11.5 Å². The van der Waals surface area contributed by atoms with E-state index in [2.05, 4.69) is 15.2 Å². The number of anilines is 1. The van der Waals surface area contributed by atoms with Crippen LogP contribution in [-0.2, 0) is 6.42 Å². The van der Waals surface area contributed by atoms with Crippen molar-refractivity contribution in [1.29, 1.82) is 0 Å². The maximum atomic E-state index is 5.76. The van der Waals surface area contributed by atoms with Crippen LogP contribution in [0.5, 0.6) is 0 Å². The Morgan fingerprint density at radius 1 is 1.54 bits per heavy atom. The summed E-state index contributed by atoms with van der Waals surface area (Å²) >= 11 is 0. The molecule has 0 radical (unpaired) electrons. The zero-order chi connectivity index (χ0) is 9.42. The third kappa shape index (κ3) is 1.15. The highest BCUT2D eigenvalue weighted by molar-refractivity contribution is 5.66. The van der Waals surface area contributed by atoms with Crippen LogP contribution in [0, 0.1) is 6.92 Å². The van der Waals surface area contributed by atoms with Crippen molar-refractivity contribution in [2.45, 2.75) is 13.3 Å². The number of H-pyrrole nitrogens is 1. The lowest BCUT2D eigenvalue weighted by molar-refractivity contribution is 0.766. The van der Waals surface area contributed by atoms with Crippen molar-refractivity contribution < 1.29 is 0 Å². The molecule has 2 aromatic rings. The van der Waals surface area contributed by atoms with Gasteiger partial charge in [0.2, 0.25) is 0 Å². The Hall–Kier alpha value is -1.56. The van der Waals surface area contributed by atoms with E-state index in [4.69, 9.17) is 11.5 Å². The molecular weight excluding hydrogens is 168 g/mol. The highest BCUT2D eigenvalue weighted by Crippen LogP contribution is 2.14. The van der Waals surface area contributed by atoms with Crippen molar-refractivity contribution >= 4 is 11.3 Å². The number of rotatable bonds is 2. The Morgan fingerprint density at radius 2 is 2.31 bits per heavy atom. The fraction of sp³-hybridized carbons (Fsp3) is 0.429. The molecule has 0 aliphatic carbocycles. The molecule has 0 unspecified atom stereocenters. The lowest BCUT2D eigenvalue weighted by Crippen LogP contribution is -2.04. The molecule has 13 heavy (non-hydrogen) atoms. The summed E-state index contributed by atoms with van der Waals surface area (Å²) in [5, 5.41) is 7.16. The van der Waals surface area contributed by atoms with Crippen molar-refractivity contribution in [3.63, 3.8) is 0 Å². The van der Waals surface area contributed by atoms with Gasteiger partial charge in [0.1, 0.15) is 0 Å². The van der Waals surface area contributed by atoms with Crippen LogP contribution >= 0.6 is 0 Å². The second-order valence-electron chi connectivity index (χ2n) is 2.95. The minimum absolute atomic E-state index is 0.548. The first-order chi connectivity index (χ1) is 6.22. The molecule has 0 amide bonds. The van der Waals surface area contributed by atoms with Crippen LogP contribution in [0.15, 0.2) is 0 Å². The predicted octanol–water partition coefficient (Wildman–Crippen LogP) is -0.551. The minimum Gasteiger partial charge on any atom is -0.394 e. The van der Waals surface area contributed by atoms with Gasteiger partial charge in [-0.15, -0.1) is 5.10 Å². The Kier molecular flexibility index (Phi) is 1.70. The molecule has 0 atom stereocenters. The van der Waals surface area contributed by atoms with E-state index >= 15 is 0 Å². The van der Waals surface area contributed by atoms with Gasteiger partial charge in [-0.3, -0.25) is 5.10 Å². The second kappa shape index (κ2) is 2.74. The SMILES string of the molecule is Cc1[nH]n2nc(CCN)nc2c1N. The number of nitrogens with two attached hydrogens (primary N) is 2. The maximum absolute atomic E-state index is 5.76. The van der Waals surface area contributed by atoms with Crippen molar-refractivity contribution in [3.8, 4) is 0 Å². The number of aromatic nitrogens is 4. The highest BCUT2D eigenvalue weighted by Gasteiger charge is 2.09. The van der Waals surface area contributed by atoms with E-state index in [0.717, 1.165) is 11.5 Å². The average Bonchev–Trinajstić information content (AvgIpc) is 2.56. The third-order valence-corrected chi connectivity index (χ3v) is 1.94. The molecule has 0 saturated heterocycles. The van der Waals surface area contributed by atoms with E-state index in [9.17, 15) is 0 Å². The molecule has 0 aliphatic rings. The predicted molar refractivity (Wildman–Crippen MR) is 49.2 cm³/mol. The number of nitrogens with zero attached hydrogens (tertiary/aromatic N) is 3. The third-order valence-electron chi connectivity index (χ3n) is 1.94. The van der Waals surface area contributed by atoms with Gasteiger partial charge in [0.05, 0.1) is 11.4 Å². The van der Waals surface area contributed by atoms with Crippen LogP contribution in [0.4, 0.5) is 5.69 Å². The van der Waals surface area contributed by atoms with Gasteiger partial charge in [-0.1, -0.05) is 0 Å². The van der Waals surface area contributed by atoms with E-state index in [1.807, 2.05) is 6.92 Å². The molecule has 0 aliphatic heterocycles.